The van der Waals surface area contributed by atoms with Crippen LogP contribution in [0, 0.1) is 11.8 Å². The van der Waals surface area contributed by atoms with Crippen molar-refractivity contribution in [2.45, 2.75) is 19.4 Å². The summed E-state index contributed by atoms with van der Waals surface area (Å²) in [6.07, 6.45) is 0.555. The average Bonchev–Trinajstić information content (AvgIpc) is 2.53. The summed E-state index contributed by atoms with van der Waals surface area (Å²) < 4.78 is 0. The maximum Gasteiger partial charge on any atom is 0.320 e. The molecule has 2 N–H and O–H groups in total. The molecular weight excluding hydrogens is 212 g/mol. The number of nitrogens with zero attached hydrogens (tertiary/aromatic N) is 1. The van der Waals surface area contributed by atoms with Gasteiger partial charge in [-0.05, 0) is 19.9 Å². The summed E-state index contributed by atoms with van der Waals surface area (Å²) in [7, 11) is 0. The van der Waals surface area contributed by atoms with Gasteiger partial charge < -0.3 is 5.11 Å². The van der Waals surface area contributed by atoms with E-state index in [1.807, 2.05) is 0 Å². The van der Waals surface area contributed by atoms with Crippen LogP contribution in [-0.4, -0.2) is 46.9 Å². The second kappa shape index (κ2) is 3.86. The van der Waals surface area contributed by atoms with Gasteiger partial charge in [0, 0.05) is 6.54 Å². The molecule has 0 aromatic carbocycles. The standard InChI is InChI=1S/C10H14N2O4/c1-5(10(15)16)12-3-2-6-7(4-12)9(14)11-8(6)13/h5-7H,2-4H2,1H3,(H,15,16)(H,11,13,14)/t5-,6-,7+/m1/s1. The molecule has 0 spiro atoms. The molecule has 0 saturated carbocycles. The Morgan fingerprint density at radius 2 is 2.06 bits per heavy atom. The predicted octanol–water partition coefficient (Wildman–Crippen LogP) is -0.946. The van der Waals surface area contributed by atoms with E-state index >= 15 is 0 Å². The third kappa shape index (κ3) is 1.69. The Kier molecular flexibility index (Phi) is 2.67. The van der Waals surface area contributed by atoms with Crippen LogP contribution in [0.1, 0.15) is 13.3 Å². The lowest BCUT2D eigenvalue weighted by Gasteiger charge is -2.34. The number of amides is 2. The Morgan fingerprint density at radius 1 is 1.44 bits per heavy atom. The number of hydrogen-bond donors (Lipinski definition) is 2. The number of rotatable bonds is 2. The summed E-state index contributed by atoms with van der Waals surface area (Å²) in [6, 6.07) is -0.607. The first kappa shape index (κ1) is 11.1. The highest BCUT2D eigenvalue weighted by atomic mass is 16.4. The fourth-order valence-corrected chi connectivity index (χ4v) is 2.37. The van der Waals surface area contributed by atoms with Crippen molar-refractivity contribution in [3.05, 3.63) is 0 Å². The topological polar surface area (TPSA) is 86.7 Å². The Hall–Kier alpha value is -1.43. The lowest BCUT2D eigenvalue weighted by Crippen LogP contribution is -2.48. The van der Waals surface area contributed by atoms with Gasteiger partial charge in [-0.3, -0.25) is 24.6 Å². The fourth-order valence-electron chi connectivity index (χ4n) is 2.37. The molecule has 2 amide bonds. The Balaban J connectivity index is 2.08. The SMILES string of the molecule is C[C@H](C(=O)O)N1CC[C@H]2C(=O)NC(=O)[C@H]2C1. The average molecular weight is 226 g/mol. The van der Waals surface area contributed by atoms with Crippen molar-refractivity contribution in [1.82, 2.24) is 10.2 Å². The van der Waals surface area contributed by atoms with Crippen molar-refractivity contribution in [3.63, 3.8) is 0 Å². The van der Waals surface area contributed by atoms with Crippen LogP contribution in [0.25, 0.3) is 0 Å². The molecule has 0 bridgehead atoms. The highest BCUT2D eigenvalue weighted by Gasteiger charge is 2.45. The normalized spacial score (nSPS) is 32.1. The van der Waals surface area contributed by atoms with E-state index in [-0.39, 0.29) is 23.7 Å². The minimum absolute atomic E-state index is 0.211. The van der Waals surface area contributed by atoms with E-state index in [0.717, 1.165) is 0 Å². The Labute approximate surface area is 92.6 Å². The zero-order valence-corrected chi connectivity index (χ0v) is 8.97. The zero-order chi connectivity index (χ0) is 11.9. The molecule has 0 aromatic rings. The molecule has 0 unspecified atom stereocenters. The summed E-state index contributed by atoms with van der Waals surface area (Å²) in [5.74, 6) is -2.01. The first-order valence-electron chi connectivity index (χ1n) is 5.32. The van der Waals surface area contributed by atoms with E-state index in [1.54, 1.807) is 11.8 Å². The summed E-state index contributed by atoms with van der Waals surface area (Å²) in [4.78, 5) is 35.4. The first-order valence-corrected chi connectivity index (χ1v) is 5.32. The quantitative estimate of drug-likeness (QED) is 0.593. The van der Waals surface area contributed by atoms with Crippen molar-refractivity contribution < 1.29 is 19.5 Å². The fraction of sp³-hybridized carbons (Fsp3) is 0.700. The number of carbonyl (C=O) groups is 3. The third-order valence-electron chi connectivity index (χ3n) is 3.47. The van der Waals surface area contributed by atoms with E-state index in [1.165, 1.54) is 0 Å². The second-order valence-electron chi connectivity index (χ2n) is 4.36. The van der Waals surface area contributed by atoms with Gasteiger partial charge in [0.2, 0.25) is 11.8 Å². The van der Waals surface area contributed by atoms with Crippen LogP contribution >= 0.6 is 0 Å². The Morgan fingerprint density at radius 3 is 2.69 bits per heavy atom. The van der Waals surface area contributed by atoms with Crippen molar-refractivity contribution in [2.75, 3.05) is 13.1 Å². The molecule has 6 nitrogen and oxygen atoms in total. The van der Waals surface area contributed by atoms with E-state index in [4.69, 9.17) is 5.11 Å². The number of likely N-dealkylation sites (tertiary alicyclic amines) is 1. The summed E-state index contributed by atoms with van der Waals surface area (Å²) >= 11 is 0. The third-order valence-corrected chi connectivity index (χ3v) is 3.47. The maximum absolute atomic E-state index is 11.5. The van der Waals surface area contributed by atoms with Gasteiger partial charge >= 0.3 is 5.97 Å². The molecule has 2 heterocycles. The monoisotopic (exact) mass is 226 g/mol. The minimum Gasteiger partial charge on any atom is -0.480 e. The molecule has 0 aromatic heterocycles. The van der Waals surface area contributed by atoms with Crippen LogP contribution in [0.4, 0.5) is 0 Å². The van der Waals surface area contributed by atoms with Crippen LogP contribution in [0.3, 0.4) is 0 Å². The van der Waals surface area contributed by atoms with Crippen LogP contribution in [0.5, 0.6) is 0 Å². The van der Waals surface area contributed by atoms with Gasteiger partial charge in [-0.2, -0.15) is 0 Å². The number of nitrogens with one attached hydrogen (secondary N) is 1. The largest absolute Gasteiger partial charge is 0.480 e. The van der Waals surface area contributed by atoms with Gasteiger partial charge in [-0.15, -0.1) is 0 Å². The lowest BCUT2D eigenvalue weighted by molar-refractivity contribution is -0.144. The molecule has 0 radical (unpaired) electrons. The number of piperidine rings is 1. The number of fused-ring (bicyclic) bond motifs is 1. The number of carboxylic acids is 1. The molecule has 2 rings (SSSR count). The molecule has 0 aliphatic carbocycles. The maximum atomic E-state index is 11.5. The highest BCUT2D eigenvalue weighted by Crippen LogP contribution is 2.29. The van der Waals surface area contributed by atoms with Gasteiger partial charge in [0.1, 0.15) is 6.04 Å². The van der Waals surface area contributed by atoms with E-state index in [0.29, 0.717) is 19.5 Å². The molecule has 2 saturated heterocycles. The molecule has 2 aliphatic rings. The van der Waals surface area contributed by atoms with Gasteiger partial charge in [0.25, 0.3) is 0 Å². The van der Waals surface area contributed by atoms with Gasteiger partial charge in [0.15, 0.2) is 0 Å². The van der Waals surface area contributed by atoms with E-state index < -0.39 is 12.0 Å². The molecule has 2 fully saturated rings. The van der Waals surface area contributed by atoms with Crippen LogP contribution in [0.2, 0.25) is 0 Å². The van der Waals surface area contributed by atoms with Crippen molar-refractivity contribution in [1.29, 1.82) is 0 Å². The smallest absolute Gasteiger partial charge is 0.320 e. The number of carbonyl (C=O) groups excluding carboxylic acids is 2. The van der Waals surface area contributed by atoms with Crippen LogP contribution in [0.15, 0.2) is 0 Å². The summed E-state index contributed by atoms with van der Waals surface area (Å²) in [5, 5.41) is 11.2. The van der Waals surface area contributed by atoms with E-state index in [2.05, 4.69) is 5.32 Å². The molecule has 16 heavy (non-hydrogen) atoms. The van der Waals surface area contributed by atoms with Crippen molar-refractivity contribution in [3.8, 4) is 0 Å². The second-order valence-corrected chi connectivity index (χ2v) is 4.36. The molecule has 6 heteroatoms. The number of imide groups is 1. The summed E-state index contributed by atoms with van der Waals surface area (Å²) in [6.45, 7) is 2.50. The van der Waals surface area contributed by atoms with Crippen molar-refractivity contribution in [2.24, 2.45) is 11.8 Å². The predicted molar refractivity (Wildman–Crippen MR) is 53.4 cm³/mol. The Bertz CT molecular complexity index is 355. The molecule has 2 aliphatic heterocycles. The number of hydrogen-bond acceptors (Lipinski definition) is 4. The van der Waals surface area contributed by atoms with E-state index in [9.17, 15) is 14.4 Å². The first-order chi connectivity index (χ1) is 7.50. The lowest BCUT2D eigenvalue weighted by atomic mass is 9.87. The number of carboxylic acid groups (broad SMARTS) is 1. The number of aliphatic carboxylic acids is 1. The zero-order valence-electron chi connectivity index (χ0n) is 8.97. The molecule has 3 atom stereocenters. The van der Waals surface area contributed by atoms with Crippen molar-refractivity contribution >= 4 is 17.8 Å². The van der Waals surface area contributed by atoms with Gasteiger partial charge in [-0.25, -0.2) is 0 Å². The van der Waals surface area contributed by atoms with Crippen LogP contribution in [-0.2, 0) is 14.4 Å². The highest BCUT2D eigenvalue weighted by molar-refractivity contribution is 6.05. The van der Waals surface area contributed by atoms with Crippen LogP contribution < -0.4 is 5.32 Å². The minimum atomic E-state index is -0.900. The van der Waals surface area contributed by atoms with Gasteiger partial charge in [0.05, 0.1) is 11.8 Å². The van der Waals surface area contributed by atoms with Gasteiger partial charge in [-0.1, -0.05) is 0 Å². The summed E-state index contributed by atoms with van der Waals surface area (Å²) in [5.41, 5.74) is 0. The molecule has 88 valence electrons. The molecular formula is C10H14N2O4.